The third kappa shape index (κ3) is 3.94. The van der Waals surface area contributed by atoms with E-state index in [1.165, 1.54) is 12.1 Å². The lowest BCUT2D eigenvalue weighted by atomic mass is 10.0. The zero-order valence-electron chi connectivity index (χ0n) is 11.7. The first-order valence-electron chi connectivity index (χ1n) is 6.85. The van der Waals surface area contributed by atoms with Crippen LogP contribution in [0.15, 0.2) is 24.3 Å². The van der Waals surface area contributed by atoms with Gasteiger partial charge in [0.15, 0.2) is 0 Å². The van der Waals surface area contributed by atoms with Crippen LogP contribution < -0.4 is 5.73 Å². The summed E-state index contributed by atoms with van der Waals surface area (Å²) in [7, 11) is 0. The first-order valence-corrected chi connectivity index (χ1v) is 7.84. The van der Waals surface area contributed by atoms with Gasteiger partial charge in [-0.2, -0.15) is 11.8 Å². The molecule has 0 saturated carbocycles. The van der Waals surface area contributed by atoms with E-state index in [2.05, 4.69) is 18.7 Å². The molecule has 19 heavy (non-hydrogen) atoms. The second-order valence-corrected chi connectivity index (χ2v) is 7.50. The van der Waals surface area contributed by atoms with E-state index in [0.717, 1.165) is 30.8 Å². The Hall–Kier alpha value is -0.580. The molecule has 1 saturated heterocycles. The van der Waals surface area contributed by atoms with Crippen molar-refractivity contribution in [2.45, 2.75) is 31.1 Å². The second-order valence-electron chi connectivity index (χ2n) is 5.70. The first-order chi connectivity index (χ1) is 9.02. The maximum absolute atomic E-state index is 13.0. The van der Waals surface area contributed by atoms with E-state index in [1.54, 1.807) is 0 Å². The highest BCUT2D eigenvalue weighted by atomic mass is 32.2. The van der Waals surface area contributed by atoms with Crippen molar-refractivity contribution in [1.82, 2.24) is 4.90 Å². The number of thioether (sulfide) groups is 1. The zero-order valence-corrected chi connectivity index (χ0v) is 12.5. The lowest BCUT2D eigenvalue weighted by Crippen LogP contribution is -2.35. The van der Waals surface area contributed by atoms with Crippen LogP contribution in [0.2, 0.25) is 0 Å². The molecule has 1 heterocycles. The molecule has 0 aliphatic carbocycles. The van der Waals surface area contributed by atoms with Gasteiger partial charge in [-0.25, -0.2) is 4.39 Å². The zero-order chi connectivity index (χ0) is 13.9. The average molecular weight is 282 g/mol. The van der Waals surface area contributed by atoms with Crippen LogP contribution in [-0.4, -0.2) is 35.0 Å². The molecule has 1 aliphatic rings. The van der Waals surface area contributed by atoms with Gasteiger partial charge in [0, 0.05) is 36.2 Å². The summed E-state index contributed by atoms with van der Waals surface area (Å²) in [6, 6.07) is 6.96. The fourth-order valence-corrected chi connectivity index (χ4v) is 3.64. The van der Waals surface area contributed by atoms with Gasteiger partial charge in [-0.1, -0.05) is 26.0 Å². The minimum atomic E-state index is -0.188. The van der Waals surface area contributed by atoms with Crippen molar-refractivity contribution in [3.63, 3.8) is 0 Å². The third-order valence-electron chi connectivity index (χ3n) is 3.79. The molecule has 2 nitrogen and oxygen atoms in total. The van der Waals surface area contributed by atoms with Gasteiger partial charge < -0.3 is 5.73 Å². The average Bonchev–Trinajstić information content (AvgIpc) is 2.54. The van der Waals surface area contributed by atoms with Gasteiger partial charge in [0.25, 0.3) is 0 Å². The first kappa shape index (κ1) is 14.8. The fourth-order valence-electron chi connectivity index (χ4n) is 2.53. The van der Waals surface area contributed by atoms with Crippen molar-refractivity contribution < 1.29 is 4.39 Å². The Bertz CT molecular complexity index is 405. The van der Waals surface area contributed by atoms with Gasteiger partial charge in [0.05, 0.1) is 0 Å². The summed E-state index contributed by atoms with van der Waals surface area (Å²) >= 11 is 2.03. The summed E-state index contributed by atoms with van der Waals surface area (Å²) in [4.78, 5) is 2.44. The van der Waals surface area contributed by atoms with Gasteiger partial charge >= 0.3 is 0 Å². The standard InChI is InChI=1S/C15H23FN2S/c1-15(2)7-8-18(9-10-19-15)14(11-17)12-3-5-13(16)6-4-12/h3-6,14H,7-11,17H2,1-2H3. The number of benzene rings is 1. The third-order valence-corrected chi connectivity index (χ3v) is 5.16. The molecule has 1 aromatic rings. The summed E-state index contributed by atoms with van der Waals surface area (Å²) in [5.41, 5.74) is 7.07. The van der Waals surface area contributed by atoms with Crippen LogP contribution >= 0.6 is 11.8 Å². The van der Waals surface area contributed by atoms with Crippen molar-refractivity contribution >= 4 is 11.8 Å². The highest BCUT2D eigenvalue weighted by Crippen LogP contribution is 2.33. The second kappa shape index (κ2) is 6.25. The van der Waals surface area contributed by atoms with E-state index in [-0.39, 0.29) is 11.9 Å². The SMILES string of the molecule is CC1(C)CCN(C(CN)c2ccc(F)cc2)CCS1. The van der Waals surface area contributed by atoms with E-state index >= 15 is 0 Å². The molecule has 1 atom stereocenters. The highest BCUT2D eigenvalue weighted by Gasteiger charge is 2.27. The van der Waals surface area contributed by atoms with Gasteiger partial charge in [0.2, 0.25) is 0 Å². The molecule has 1 aromatic carbocycles. The largest absolute Gasteiger partial charge is 0.329 e. The Balaban J connectivity index is 2.11. The molecular weight excluding hydrogens is 259 g/mol. The molecule has 1 fully saturated rings. The predicted octanol–water partition coefficient (Wildman–Crippen LogP) is 3.04. The highest BCUT2D eigenvalue weighted by molar-refractivity contribution is 8.00. The molecule has 0 spiro atoms. The van der Waals surface area contributed by atoms with Crippen LogP contribution in [0.5, 0.6) is 0 Å². The van der Waals surface area contributed by atoms with E-state index in [1.807, 2.05) is 23.9 Å². The minimum Gasteiger partial charge on any atom is -0.329 e. The summed E-state index contributed by atoms with van der Waals surface area (Å²) in [5.74, 6) is 0.942. The van der Waals surface area contributed by atoms with Crippen LogP contribution in [0.3, 0.4) is 0 Å². The van der Waals surface area contributed by atoms with Crippen molar-refractivity contribution in [2.24, 2.45) is 5.73 Å². The maximum Gasteiger partial charge on any atom is 0.123 e. The van der Waals surface area contributed by atoms with Crippen molar-refractivity contribution in [3.8, 4) is 0 Å². The maximum atomic E-state index is 13.0. The molecular formula is C15H23FN2S. The molecule has 106 valence electrons. The molecule has 0 aromatic heterocycles. The number of hydrogen-bond acceptors (Lipinski definition) is 3. The summed E-state index contributed by atoms with van der Waals surface area (Å²) < 4.78 is 13.4. The lowest BCUT2D eigenvalue weighted by molar-refractivity contribution is 0.210. The Morgan fingerprint density at radius 1 is 1.32 bits per heavy atom. The summed E-state index contributed by atoms with van der Waals surface area (Å²) in [6.07, 6.45) is 1.16. The van der Waals surface area contributed by atoms with Crippen LogP contribution in [-0.2, 0) is 0 Å². The van der Waals surface area contributed by atoms with Crippen molar-refractivity contribution in [1.29, 1.82) is 0 Å². The Labute approximate surface area is 119 Å². The van der Waals surface area contributed by atoms with Crippen LogP contribution in [0.25, 0.3) is 0 Å². The molecule has 0 amide bonds. The van der Waals surface area contributed by atoms with E-state index in [0.29, 0.717) is 11.3 Å². The van der Waals surface area contributed by atoms with Crippen LogP contribution in [0.4, 0.5) is 4.39 Å². The van der Waals surface area contributed by atoms with Gasteiger partial charge in [-0.15, -0.1) is 0 Å². The quantitative estimate of drug-likeness (QED) is 0.924. The number of nitrogens with zero attached hydrogens (tertiary/aromatic N) is 1. The molecule has 2 N–H and O–H groups in total. The monoisotopic (exact) mass is 282 g/mol. The Morgan fingerprint density at radius 3 is 2.63 bits per heavy atom. The van der Waals surface area contributed by atoms with Crippen LogP contribution in [0.1, 0.15) is 31.9 Å². The summed E-state index contributed by atoms with van der Waals surface area (Å²) in [5, 5.41) is 0. The normalized spacial score (nSPS) is 21.9. The molecule has 1 aliphatic heterocycles. The van der Waals surface area contributed by atoms with E-state index < -0.39 is 0 Å². The number of nitrogens with two attached hydrogens (primary N) is 1. The molecule has 0 radical (unpaired) electrons. The van der Waals surface area contributed by atoms with Gasteiger partial charge in [-0.05, 0) is 24.1 Å². The molecule has 2 rings (SSSR count). The van der Waals surface area contributed by atoms with Crippen molar-refractivity contribution in [2.75, 3.05) is 25.4 Å². The van der Waals surface area contributed by atoms with Gasteiger partial charge in [0.1, 0.15) is 5.82 Å². The predicted molar refractivity (Wildman–Crippen MR) is 80.9 cm³/mol. The molecule has 4 heteroatoms. The number of rotatable bonds is 3. The topological polar surface area (TPSA) is 29.3 Å². The lowest BCUT2D eigenvalue weighted by Gasteiger charge is -2.30. The van der Waals surface area contributed by atoms with Gasteiger partial charge in [-0.3, -0.25) is 4.90 Å². The Morgan fingerprint density at radius 2 is 2.00 bits per heavy atom. The van der Waals surface area contributed by atoms with E-state index in [4.69, 9.17) is 5.73 Å². The smallest absolute Gasteiger partial charge is 0.123 e. The molecule has 1 unspecified atom stereocenters. The fraction of sp³-hybridized carbons (Fsp3) is 0.600. The summed E-state index contributed by atoms with van der Waals surface area (Å²) in [6.45, 7) is 7.29. The van der Waals surface area contributed by atoms with E-state index in [9.17, 15) is 4.39 Å². The molecule has 0 bridgehead atoms. The van der Waals surface area contributed by atoms with Crippen molar-refractivity contribution in [3.05, 3.63) is 35.6 Å². The number of halogens is 1. The number of hydrogen-bond donors (Lipinski definition) is 1. The Kier molecular flexibility index (Phi) is 4.87. The van der Waals surface area contributed by atoms with Crippen LogP contribution in [0, 0.1) is 5.82 Å². The minimum absolute atomic E-state index is 0.188.